The van der Waals surface area contributed by atoms with Gasteiger partial charge in [-0.3, -0.25) is 4.57 Å². The second kappa shape index (κ2) is 10.6. The molecule has 9 heteroatoms. The molecule has 0 bridgehead atoms. The number of aryl methyl sites for hydroxylation is 1. The summed E-state index contributed by atoms with van der Waals surface area (Å²) in [5.41, 5.74) is 0.966. The molecule has 0 aliphatic heterocycles. The van der Waals surface area contributed by atoms with Crippen molar-refractivity contribution in [2.75, 3.05) is 6.54 Å². The number of hydrogen-bond acceptors (Lipinski definition) is 5. The molecular formula is C21H30IN7O. The molecule has 0 aliphatic rings. The van der Waals surface area contributed by atoms with Gasteiger partial charge in [0.2, 0.25) is 5.89 Å². The third-order valence-electron chi connectivity index (χ3n) is 4.35. The molecule has 3 aromatic rings. The minimum atomic E-state index is -0.0573. The maximum Gasteiger partial charge on any atom is 0.213 e. The van der Waals surface area contributed by atoms with Gasteiger partial charge in [-0.2, -0.15) is 0 Å². The van der Waals surface area contributed by atoms with Crippen LogP contribution in [0.3, 0.4) is 0 Å². The SMILES string of the molecule is CCNC(=NCc1ccc(-n2ccnc2C)nc1)NCc1ncc(C(C)(C)C)o1.I. The largest absolute Gasteiger partial charge is 0.443 e. The second-order valence-corrected chi connectivity index (χ2v) is 7.79. The molecule has 0 saturated heterocycles. The Kier molecular flexibility index (Phi) is 8.39. The van der Waals surface area contributed by atoms with Gasteiger partial charge in [0.05, 0.1) is 19.3 Å². The van der Waals surface area contributed by atoms with Crippen LogP contribution in [0.2, 0.25) is 0 Å². The standard InChI is InChI=1S/C21H29N7O.HI/c1-6-22-20(27-14-19-25-13-17(29-19)21(3,4)5)26-12-16-7-8-18(24-11-16)28-10-9-23-15(28)2;/h7-11,13H,6,12,14H2,1-5H3,(H2,22,26,27);1H. The van der Waals surface area contributed by atoms with E-state index in [1.807, 2.05) is 42.9 Å². The third kappa shape index (κ3) is 6.28. The van der Waals surface area contributed by atoms with E-state index in [0.717, 1.165) is 29.5 Å². The summed E-state index contributed by atoms with van der Waals surface area (Å²) in [4.78, 5) is 17.7. The zero-order valence-corrected chi connectivity index (χ0v) is 20.5. The molecule has 0 unspecified atom stereocenters. The highest BCUT2D eigenvalue weighted by Gasteiger charge is 2.19. The first-order valence-electron chi connectivity index (χ1n) is 9.79. The van der Waals surface area contributed by atoms with E-state index < -0.39 is 0 Å². The van der Waals surface area contributed by atoms with Crippen LogP contribution in [0.15, 0.2) is 46.3 Å². The minimum absolute atomic E-state index is 0. The van der Waals surface area contributed by atoms with Crippen LogP contribution in [0.25, 0.3) is 5.82 Å². The van der Waals surface area contributed by atoms with Crippen LogP contribution >= 0.6 is 24.0 Å². The van der Waals surface area contributed by atoms with Crippen molar-refractivity contribution in [2.45, 2.75) is 53.1 Å². The number of nitrogens with zero attached hydrogens (tertiary/aromatic N) is 5. The van der Waals surface area contributed by atoms with Gasteiger partial charge < -0.3 is 15.1 Å². The Morgan fingerprint density at radius 3 is 2.50 bits per heavy atom. The average Bonchev–Trinajstić information content (AvgIpc) is 3.33. The number of imidazole rings is 1. The van der Waals surface area contributed by atoms with Crippen molar-refractivity contribution in [2.24, 2.45) is 4.99 Å². The Morgan fingerprint density at radius 1 is 1.13 bits per heavy atom. The molecule has 162 valence electrons. The second-order valence-electron chi connectivity index (χ2n) is 7.79. The molecule has 3 heterocycles. The highest BCUT2D eigenvalue weighted by Crippen LogP contribution is 2.22. The fourth-order valence-electron chi connectivity index (χ4n) is 2.68. The van der Waals surface area contributed by atoms with Crippen molar-refractivity contribution in [3.8, 4) is 5.82 Å². The first kappa shape index (κ1) is 23.8. The van der Waals surface area contributed by atoms with Crippen LogP contribution in [-0.2, 0) is 18.5 Å². The molecule has 0 aromatic carbocycles. The zero-order chi connectivity index (χ0) is 20.9. The van der Waals surface area contributed by atoms with E-state index in [1.54, 1.807) is 12.4 Å². The molecule has 3 aromatic heterocycles. The molecule has 0 aliphatic carbocycles. The number of rotatable bonds is 6. The summed E-state index contributed by atoms with van der Waals surface area (Å²) < 4.78 is 7.77. The van der Waals surface area contributed by atoms with Crippen molar-refractivity contribution in [3.63, 3.8) is 0 Å². The maximum atomic E-state index is 5.82. The number of pyridine rings is 1. The summed E-state index contributed by atoms with van der Waals surface area (Å²) in [5.74, 6) is 3.97. The molecule has 2 N–H and O–H groups in total. The lowest BCUT2D eigenvalue weighted by molar-refractivity contribution is 0.379. The fraction of sp³-hybridized carbons (Fsp3) is 0.429. The number of aromatic nitrogens is 4. The van der Waals surface area contributed by atoms with Crippen molar-refractivity contribution in [1.82, 2.24) is 30.2 Å². The predicted octanol–water partition coefficient (Wildman–Crippen LogP) is 3.73. The molecule has 8 nitrogen and oxygen atoms in total. The van der Waals surface area contributed by atoms with Gasteiger partial charge in [0.25, 0.3) is 0 Å². The first-order chi connectivity index (χ1) is 13.9. The molecule has 0 atom stereocenters. The summed E-state index contributed by atoms with van der Waals surface area (Å²) in [7, 11) is 0. The van der Waals surface area contributed by atoms with Crippen LogP contribution in [-0.4, -0.2) is 32.0 Å². The monoisotopic (exact) mass is 523 g/mol. The zero-order valence-electron chi connectivity index (χ0n) is 18.1. The Labute approximate surface area is 194 Å². The van der Waals surface area contributed by atoms with Gasteiger partial charge in [-0.1, -0.05) is 26.8 Å². The molecule has 0 radical (unpaired) electrons. The number of oxazole rings is 1. The predicted molar refractivity (Wildman–Crippen MR) is 128 cm³/mol. The van der Waals surface area contributed by atoms with Crippen LogP contribution in [0.1, 0.15) is 50.7 Å². The number of nitrogens with one attached hydrogen (secondary N) is 2. The maximum absolute atomic E-state index is 5.82. The van der Waals surface area contributed by atoms with Gasteiger partial charge in [0, 0.05) is 30.6 Å². The molecule has 0 fully saturated rings. The van der Waals surface area contributed by atoms with Crippen molar-refractivity contribution in [3.05, 3.63) is 60.0 Å². The summed E-state index contributed by atoms with van der Waals surface area (Å²) in [6.45, 7) is 12.0. The fourth-order valence-corrected chi connectivity index (χ4v) is 2.68. The Morgan fingerprint density at radius 2 is 1.93 bits per heavy atom. The topological polar surface area (TPSA) is 93.2 Å². The van der Waals surface area contributed by atoms with E-state index in [1.165, 1.54) is 0 Å². The highest BCUT2D eigenvalue weighted by atomic mass is 127. The van der Waals surface area contributed by atoms with E-state index >= 15 is 0 Å². The number of halogens is 1. The summed E-state index contributed by atoms with van der Waals surface area (Å²) in [6.07, 6.45) is 7.29. The smallest absolute Gasteiger partial charge is 0.213 e. The minimum Gasteiger partial charge on any atom is -0.443 e. The van der Waals surface area contributed by atoms with Gasteiger partial charge >= 0.3 is 0 Å². The van der Waals surface area contributed by atoms with E-state index in [9.17, 15) is 0 Å². The van der Waals surface area contributed by atoms with Gasteiger partial charge in [0.15, 0.2) is 5.96 Å². The summed E-state index contributed by atoms with van der Waals surface area (Å²) >= 11 is 0. The molecule has 0 saturated carbocycles. The van der Waals surface area contributed by atoms with Crippen LogP contribution in [0, 0.1) is 6.92 Å². The number of guanidine groups is 1. The van der Waals surface area contributed by atoms with Crippen LogP contribution in [0.4, 0.5) is 0 Å². The Balaban J connectivity index is 0.00000320. The van der Waals surface area contributed by atoms with Gasteiger partial charge in [-0.15, -0.1) is 24.0 Å². The van der Waals surface area contributed by atoms with Gasteiger partial charge in [-0.05, 0) is 25.5 Å². The Bertz CT molecular complexity index is 954. The van der Waals surface area contributed by atoms with E-state index in [4.69, 9.17) is 4.42 Å². The van der Waals surface area contributed by atoms with E-state index in [0.29, 0.717) is 24.9 Å². The number of hydrogen-bond donors (Lipinski definition) is 2. The van der Waals surface area contributed by atoms with E-state index in [-0.39, 0.29) is 29.4 Å². The van der Waals surface area contributed by atoms with Crippen molar-refractivity contribution in [1.29, 1.82) is 0 Å². The first-order valence-corrected chi connectivity index (χ1v) is 9.79. The van der Waals surface area contributed by atoms with E-state index in [2.05, 4.69) is 51.3 Å². The average molecular weight is 523 g/mol. The van der Waals surface area contributed by atoms with Crippen molar-refractivity contribution < 1.29 is 4.42 Å². The lowest BCUT2D eigenvalue weighted by Crippen LogP contribution is -2.36. The molecule has 30 heavy (non-hydrogen) atoms. The molecule has 0 spiro atoms. The van der Waals surface area contributed by atoms with Crippen molar-refractivity contribution >= 4 is 29.9 Å². The molecular weight excluding hydrogens is 493 g/mol. The lowest BCUT2D eigenvalue weighted by atomic mass is 9.94. The van der Waals surface area contributed by atoms with Crippen LogP contribution < -0.4 is 10.6 Å². The molecule has 0 amide bonds. The number of aliphatic imine (C=N–C) groups is 1. The lowest BCUT2D eigenvalue weighted by Gasteiger charge is -2.13. The highest BCUT2D eigenvalue weighted by molar-refractivity contribution is 14.0. The third-order valence-corrected chi connectivity index (χ3v) is 4.35. The van der Waals surface area contributed by atoms with Gasteiger partial charge in [-0.25, -0.2) is 19.9 Å². The Hall–Kier alpha value is -2.43. The summed E-state index contributed by atoms with van der Waals surface area (Å²) in [5, 5.41) is 6.50. The summed E-state index contributed by atoms with van der Waals surface area (Å²) in [6, 6.07) is 4.00. The van der Waals surface area contributed by atoms with Gasteiger partial charge in [0.1, 0.15) is 17.4 Å². The normalized spacial score (nSPS) is 11.8. The molecule has 3 rings (SSSR count). The van der Waals surface area contributed by atoms with Crippen LogP contribution in [0.5, 0.6) is 0 Å². The quantitative estimate of drug-likeness (QED) is 0.291.